The second-order valence-electron chi connectivity index (χ2n) is 6.34. The molecule has 0 aliphatic rings. The molecule has 0 aliphatic carbocycles. The third-order valence-corrected chi connectivity index (χ3v) is 5.44. The first-order valence-corrected chi connectivity index (χ1v) is 9.76. The van der Waals surface area contributed by atoms with Gasteiger partial charge < -0.3 is 10.1 Å². The molecule has 1 amide bonds. The lowest BCUT2D eigenvalue weighted by Gasteiger charge is -2.07. The highest BCUT2D eigenvalue weighted by Gasteiger charge is 2.04. The van der Waals surface area contributed by atoms with Crippen LogP contribution in [0.4, 0.5) is 0 Å². The second-order valence-corrected chi connectivity index (χ2v) is 7.42. The number of carbonyl (C=O) groups excluding carboxylic acids is 1. The van der Waals surface area contributed by atoms with Crippen molar-refractivity contribution in [2.45, 2.75) is 27.0 Å². The summed E-state index contributed by atoms with van der Waals surface area (Å²) in [5, 5.41) is 5.03. The minimum absolute atomic E-state index is 0.103. The smallest absolute Gasteiger partial charge is 0.244 e. The van der Waals surface area contributed by atoms with Gasteiger partial charge in [0.15, 0.2) is 0 Å². The van der Waals surface area contributed by atoms with Gasteiger partial charge in [0.2, 0.25) is 5.91 Å². The van der Waals surface area contributed by atoms with Crippen LogP contribution in [0.3, 0.4) is 0 Å². The van der Waals surface area contributed by atoms with E-state index < -0.39 is 0 Å². The highest BCUT2D eigenvalue weighted by atomic mass is 32.1. The molecule has 27 heavy (non-hydrogen) atoms. The van der Waals surface area contributed by atoms with Gasteiger partial charge in [0.25, 0.3) is 0 Å². The fourth-order valence-electron chi connectivity index (χ4n) is 2.60. The zero-order valence-electron chi connectivity index (χ0n) is 15.6. The van der Waals surface area contributed by atoms with E-state index in [0.717, 1.165) is 16.9 Å². The van der Waals surface area contributed by atoms with Crippen molar-refractivity contribution in [1.29, 1.82) is 0 Å². The van der Waals surface area contributed by atoms with Gasteiger partial charge in [-0.05, 0) is 59.7 Å². The fraction of sp³-hybridized carbons (Fsp3) is 0.174. The zero-order chi connectivity index (χ0) is 19.1. The van der Waals surface area contributed by atoms with Gasteiger partial charge in [-0.25, -0.2) is 0 Å². The molecule has 1 aromatic heterocycles. The molecule has 1 N–H and O–H groups in total. The number of rotatable bonds is 7. The van der Waals surface area contributed by atoms with Crippen LogP contribution in [0.5, 0.6) is 5.75 Å². The summed E-state index contributed by atoms with van der Waals surface area (Å²) in [4.78, 5) is 13.4. The molecule has 0 saturated carbocycles. The lowest BCUT2D eigenvalue weighted by molar-refractivity contribution is -0.116. The molecule has 0 bridgehead atoms. The molecule has 3 rings (SSSR count). The van der Waals surface area contributed by atoms with Crippen molar-refractivity contribution in [3.63, 3.8) is 0 Å². The highest BCUT2D eigenvalue weighted by molar-refractivity contribution is 7.10. The summed E-state index contributed by atoms with van der Waals surface area (Å²) in [6.45, 7) is 5.26. The molecule has 0 saturated heterocycles. The summed E-state index contributed by atoms with van der Waals surface area (Å²) < 4.78 is 5.83. The van der Waals surface area contributed by atoms with Gasteiger partial charge in [-0.2, -0.15) is 0 Å². The van der Waals surface area contributed by atoms with Crippen LogP contribution >= 0.6 is 11.3 Å². The van der Waals surface area contributed by atoms with Gasteiger partial charge in [-0.1, -0.05) is 42.5 Å². The molecule has 1 heterocycles. The minimum atomic E-state index is -0.103. The third-order valence-electron chi connectivity index (χ3n) is 4.37. The van der Waals surface area contributed by atoms with E-state index >= 15 is 0 Å². The van der Waals surface area contributed by atoms with Crippen LogP contribution in [-0.4, -0.2) is 5.91 Å². The van der Waals surface area contributed by atoms with Gasteiger partial charge >= 0.3 is 0 Å². The summed E-state index contributed by atoms with van der Waals surface area (Å²) >= 11 is 1.71. The van der Waals surface area contributed by atoms with Crippen LogP contribution in [-0.2, 0) is 17.9 Å². The predicted molar refractivity (Wildman–Crippen MR) is 112 cm³/mol. The molecular weight excluding hydrogens is 354 g/mol. The Labute approximate surface area is 164 Å². The fourth-order valence-corrected chi connectivity index (χ4v) is 3.49. The molecule has 3 aromatic rings. The number of amides is 1. The number of thiophene rings is 1. The molecule has 0 unspecified atom stereocenters. The first-order chi connectivity index (χ1) is 13.1. The lowest BCUT2D eigenvalue weighted by atomic mass is 10.2. The third kappa shape index (κ3) is 5.56. The van der Waals surface area contributed by atoms with Crippen LogP contribution in [0.2, 0.25) is 0 Å². The van der Waals surface area contributed by atoms with Crippen LogP contribution < -0.4 is 10.1 Å². The maximum absolute atomic E-state index is 12.1. The number of carbonyl (C=O) groups is 1. The van der Waals surface area contributed by atoms with Crippen molar-refractivity contribution in [2.75, 3.05) is 0 Å². The Morgan fingerprint density at radius 2 is 1.93 bits per heavy atom. The first-order valence-electron chi connectivity index (χ1n) is 8.88. The van der Waals surface area contributed by atoms with E-state index in [1.54, 1.807) is 23.5 Å². The van der Waals surface area contributed by atoms with Gasteiger partial charge in [0, 0.05) is 17.5 Å². The van der Waals surface area contributed by atoms with Gasteiger partial charge in [0.05, 0.1) is 0 Å². The van der Waals surface area contributed by atoms with E-state index in [1.165, 1.54) is 16.0 Å². The van der Waals surface area contributed by atoms with E-state index in [2.05, 4.69) is 24.5 Å². The summed E-state index contributed by atoms with van der Waals surface area (Å²) in [6.07, 6.45) is 3.36. The van der Waals surface area contributed by atoms with Gasteiger partial charge in [0.1, 0.15) is 12.4 Å². The molecule has 0 fully saturated rings. The first kappa shape index (κ1) is 18.9. The normalized spacial score (nSPS) is 10.9. The van der Waals surface area contributed by atoms with E-state index in [4.69, 9.17) is 4.74 Å². The number of ether oxygens (including phenoxy) is 1. The molecule has 2 aromatic carbocycles. The predicted octanol–water partition coefficient (Wildman–Crippen LogP) is 5.27. The summed E-state index contributed by atoms with van der Waals surface area (Å²) in [6, 6.07) is 17.8. The largest absolute Gasteiger partial charge is 0.489 e. The number of hydrogen-bond donors (Lipinski definition) is 1. The Hall–Kier alpha value is -2.85. The average molecular weight is 378 g/mol. The monoisotopic (exact) mass is 377 g/mol. The number of hydrogen-bond acceptors (Lipinski definition) is 3. The SMILES string of the molecule is Cc1scc(CNC(=O)/C=C/c2cccc(OCc3ccccc3)c2)c1C. The van der Waals surface area contributed by atoms with Crippen molar-refractivity contribution in [2.24, 2.45) is 0 Å². The highest BCUT2D eigenvalue weighted by Crippen LogP contribution is 2.20. The molecule has 0 spiro atoms. The number of benzene rings is 2. The maximum atomic E-state index is 12.1. The summed E-state index contributed by atoms with van der Waals surface area (Å²) in [5.41, 5.74) is 4.48. The van der Waals surface area contributed by atoms with Crippen molar-refractivity contribution >= 4 is 23.3 Å². The van der Waals surface area contributed by atoms with Crippen LogP contribution in [0.1, 0.15) is 27.1 Å². The summed E-state index contributed by atoms with van der Waals surface area (Å²) in [5.74, 6) is 0.680. The Bertz CT molecular complexity index is 929. The van der Waals surface area contributed by atoms with Crippen LogP contribution in [0.25, 0.3) is 6.08 Å². The maximum Gasteiger partial charge on any atom is 0.244 e. The standard InChI is InChI=1S/C23H23NO2S/c1-17-18(2)27-16-21(17)14-24-23(25)12-11-19-9-6-10-22(13-19)26-15-20-7-4-3-5-8-20/h3-13,16H,14-15H2,1-2H3,(H,24,25)/b12-11+. The van der Waals surface area contributed by atoms with Crippen molar-refractivity contribution in [3.05, 3.63) is 93.2 Å². The molecule has 0 radical (unpaired) electrons. The number of nitrogens with one attached hydrogen (secondary N) is 1. The zero-order valence-corrected chi connectivity index (χ0v) is 16.4. The molecule has 0 aliphatic heterocycles. The minimum Gasteiger partial charge on any atom is -0.489 e. The van der Waals surface area contributed by atoms with E-state index in [1.807, 2.05) is 54.6 Å². The molecular formula is C23H23NO2S. The molecule has 3 nitrogen and oxygen atoms in total. The van der Waals surface area contributed by atoms with Gasteiger partial charge in [-0.15, -0.1) is 11.3 Å². The molecule has 4 heteroatoms. The van der Waals surface area contributed by atoms with Crippen molar-refractivity contribution < 1.29 is 9.53 Å². The van der Waals surface area contributed by atoms with E-state index in [9.17, 15) is 4.79 Å². The van der Waals surface area contributed by atoms with Crippen LogP contribution in [0.15, 0.2) is 66.1 Å². The van der Waals surface area contributed by atoms with Crippen LogP contribution in [0, 0.1) is 13.8 Å². The second kappa shape index (κ2) is 9.19. The topological polar surface area (TPSA) is 38.3 Å². The van der Waals surface area contributed by atoms with E-state index in [-0.39, 0.29) is 5.91 Å². The van der Waals surface area contributed by atoms with Crippen molar-refractivity contribution in [3.8, 4) is 5.75 Å². The Balaban J connectivity index is 1.53. The van der Waals surface area contributed by atoms with Gasteiger partial charge in [-0.3, -0.25) is 4.79 Å². The molecule has 0 atom stereocenters. The van der Waals surface area contributed by atoms with Crippen molar-refractivity contribution in [1.82, 2.24) is 5.32 Å². The lowest BCUT2D eigenvalue weighted by Crippen LogP contribution is -2.20. The average Bonchev–Trinajstić information content (AvgIpc) is 3.02. The van der Waals surface area contributed by atoms with E-state index in [0.29, 0.717) is 13.2 Å². The number of aryl methyl sites for hydroxylation is 1. The Kier molecular flexibility index (Phi) is 6.44. The quantitative estimate of drug-likeness (QED) is 0.569. The Morgan fingerprint density at radius 3 is 2.67 bits per heavy atom. The summed E-state index contributed by atoms with van der Waals surface area (Å²) in [7, 11) is 0. The molecule has 138 valence electrons. The Morgan fingerprint density at radius 1 is 1.11 bits per heavy atom.